The van der Waals surface area contributed by atoms with E-state index < -0.39 is 15.9 Å². The van der Waals surface area contributed by atoms with Crippen LogP contribution in [-0.4, -0.2) is 43.3 Å². The molecule has 1 N–H and O–H groups in total. The number of carbonyl (C=O) groups is 1. The molecule has 3 aromatic rings. The summed E-state index contributed by atoms with van der Waals surface area (Å²) in [6.45, 7) is 3.56. The summed E-state index contributed by atoms with van der Waals surface area (Å²) >= 11 is 13.8. The van der Waals surface area contributed by atoms with Gasteiger partial charge in [0.1, 0.15) is 0 Å². The molecule has 1 aliphatic rings. The van der Waals surface area contributed by atoms with Crippen LogP contribution in [0.25, 0.3) is 11.3 Å². The maximum atomic E-state index is 13.0. The number of nitrogens with zero attached hydrogens (tertiary/aromatic N) is 2. The van der Waals surface area contributed by atoms with Gasteiger partial charge in [-0.1, -0.05) is 55.1 Å². The molecule has 0 saturated carbocycles. The highest BCUT2D eigenvalue weighted by Crippen LogP contribution is 2.35. The SMILES string of the molecule is CCCOc1c(Cl)cc(C(=O)Nc2nc(-c3ccc(S(=O)(=O)N4CCCCCC4)cc3)cs2)cc1Cl. The second-order valence-corrected chi connectivity index (χ2v) is 12.1. The van der Waals surface area contributed by atoms with Gasteiger partial charge in [-0.3, -0.25) is 10.1 Å². The van der Waals surface area contributed by atoms with Crippen molar-refractivity contribution in [2.75, 3.05) is 25.0 Å². The van der Waals surface area contributed by atoms with Crippen LogP contribution in [0.3, 0.4) is 0 Å². The van der Waals surface area contributed by atoms with Crippen molar-refractivity contribution in [1.82, 2.24) is 9.29 Å². The van der Waals surface area contributed by atoms with Crippen molar-refractivity contribution in [2.24, 2.45) is 0 Å². The maximum Gasteiger partial charge on any atom is 0.257 e. The van der Waals surface area contributed by atoms with Crippen LogP contribution in [-0.2, 0) is 10.0 Å². The molecule has 2 aromatic carbocycles. The average Bonchev–Trinajstić information content (AvgIpc) is 3.14. The molecule has 2 heterocycles. The molecule has 1 fully saturated rings. The van der Waals surface area contributed by atoms with E-state index in [9.17, 15) is 13.2 Å². The molecule has 7 nitrogen and oxygen atoms in total. The number of thiazole rings is 1. The van der Waals surface area contributed by atoms with Crippen LogP contribution >= 0.6 is 34.5 Å². The molecular formula is C25H27Cl2N3O4S2. The van der Waals surface area contributed by atoms with Gasteiger partial charge < -0.3 is 4.74 Å². The Hall–Kier alpha value is -2.17. The van der Waals surface area contributed by atoms with Gasteiger partial charge in [0.2, 0.25) is 10.0 Å². The topological polar surface area (TPSA) is 88.6 Å². The lowest BCUT2D eigenvalue weighted by molar-refractivity contribution is 0.102. The van der Waals surface area contributed by atoms with E-state index in [1.165, 1.54) is 23.5 Å². The number of hydrogen-bond donors (Lipinski definition) is 1. The summed E-state index contributed by atoms with van der Waals surface area (Å²) in [5, 5.41) is 5.48. The zero-order valence-corrected chi connectivity index (χ0v) is 22.9. The Morgan fingerprint density at radius 1 is 1.08 bits per heavy atom. The normalized spacial score (nSPS) is 14.9. The molecule has 1 aliphatic heterocycles. The first-order valence-corrected chi connectivity index (χ1v) is 14.9. The lowest BCUT2D eigenvalue weighted by atomic mass is 10.2. The van der Waals surface area contributed by atoms with Crippen LogP contribution in [0.15, 0.2) is 46.7 Å². The molecule has 0 spiro atoms. The molecule has 0 atom stereocenters. The Balaban J connectivity index is 1.45. The molecule has 0 unspecified atom stereocenters. The van der Waals surface area contributed by atoms with Gasteiger partial charge >= 0.3 is 0 Å². The Labute approximate surface area is 225 Å². The van der Waals surface area contributed by atoms with Crippen molar-refractivity contribution in [3.8, 4) is 17.0 Å². The lowest BCUT2D eigenvalue weighted by Gasteiger charge is -2.19. The Morgan fingerprint density at radius 2 is 1.72 bits per heavy atom. The zero-order chi connectivity index (χ0) is 25.7. The summed E-state index contributed by atoms with van der Waals surface area (Å²) < 4.78 is 33.1. The largest absolute Gasteiger partial charge is 0.490 e. The van der Waals surface area contributed by atoms with E-state index in [2.05, 4.69) is 10.3 Å². The van der Waals surface area contributed by atoms with Crippen LogP contribution < -0.4 is 10.1 Å². The zero-order valence-electron chi connectivity index (χ0n) is 19.8. The number of sulfonamides is 1. The molecular weight excluding hydrogens is 541 g/mol. The molecule has 0 bridgehead atoms. The van der Waals surface area contributed by atoms with Crippen LogP contribution in [0.5, 0.6) is 5.75 Å². The van der Waals surface area contributed by atoms with Crippen LogP contribution in [0.4, 0.5) is 5.13 Å². The first-order chi connectivity index (χ1) is 17.3. The number of amides is 1. The monoisotopic (exact) mass is 567 g/mol. The van der Waals surface area contributed by atoms with E-state index in [0.29, 0.717) is 36.3 Å². The van der Waals surface area contributed by atoms with Gasteiger partial charge in [-0.25, -0.2) is 13.4 Å². The van der Waals surface area contributed by atoms with Gasteiger partial charge in [-0.2, -0.15) is 4.31 Å². The lowest BCUT2D eigenvalue weighted by Crippen LogP contribution is -2.31. The highest BCUT2D eigenvalue weighted by molar-refractivity contribution is 7.89. The summed E-state index contributed by atoms with van der Waals surface area (Å²) in [6.07, 6.45) is 4.71. The summed E-state index contributed by atoms with van der Waals surface area (Å²) in [5.74, 6) is -0.0461. The number of halogens is 2. The molecule has 0 radical (unpaired) electrons. The Morgan fingerprint density at radius 3 is 2.33 bits per heavy atom. The van der Waals surface area contributed by atoms with Crippen molar-refractivity contribution in [3.63, 3.8) is 0 Å². The highest BCUT2D eigenvalue weighted by Gasteiger charge is 2.25. The van der Waals surface area contributed by atoms with E-state index in [0.717, 1.165) is 37.7 Å². The number of anilines is 1. The minimum atomic E-state index is -3.51. The minimum absolute atomic E-state index is 0.260. The van der Waals surface area contributed by atoms with Crippen LogP contribution in [0.1, 0.15) is 49.4 Å². The first-order valence-electron chi connectivity index (χ1n) is 11.8. The summed E-state index contributed by atoms with van der Waals surface area (Å²) in [7, 11) is -3.51. The number of hydrogen-bond acceptors (Lipinski definition) is 6. The standard InChI is InChI=1S/C25H27Cl2N3O4S2/c1-2-13-34-23-20(26)14-18(15-21(23)27)24(31)29-25-28-22(16-35-25)17-7-9-19(10-8-17)36(32,33)30-11-5-3-4-6-12-30/h7-10,14-16H,2-6,11-13H2,1H3,(H,28,29,31). The quantitative estimate of drug-likeness (QED) is 0.326. The van der Waals surface area contributed by atoms with Crippen molar-refractivity contribution in [3.05, 3.63) is 57.4 Å². The third kappa shape index (κ3) is 6.20. The molecule has 0 aliphatic carbocycles. The fourth-order valence-electron chi connectivity index (χ4n) is 3.89. The van der Waals surface area contributed by atoms with Crippen molar-refractivity contribution in [2.45, 2.75) is 43.9 Å². The number of rotatable bonds is 8. The van der Waals surface area contributed by atoms with Gasteiger partial charge in [0, 0.05) is 29.6 Å². The molecule has 36 heavy (non-hydrogen) atoms. The fraction of sp³-hybridized carbons (Fsp3) is 0.360. The number of nitrogens with one attached hydrogen (secondary N) is 1. The van der Waals surface area contributed by atoms with E-state index in [1.54, 1.807) is 34.0 Å². The molecule has 11 heteroatoms. The van der Waals surface area contributed by atoms with E-state index >= 15 is 0 Å². The van der Waals surface area contributed by atoms with Crippen molar-refractivity contribution < 1.29 is 17.9 Å². The Bertz CT molecular complexity index is 1300. The number of ether oxygens (including phenoxy) is 1. The van der Waals surface area contributed by atoms with E-state index in [1.807, 2.05) is 6.92 Å². The molecule has 1 saturated heterocycles. The van der Waals surface area contributed by atoms with Gasteiger partial charge in [0.15, 0.2) is 10.9 Å². The number of carbonyl (C=O) groups excluding carboxylic acids is 1. The van der Waals surface area contributed by atoms with Gasteiger partial charge in [0.05, 0.1) is 27.2 Å². The van der Waals surface area contributed by atoms with Crippen molar-refractivity contribution >= 4 is 55.6 Å². The van der Waals surface area contributed by atoms with E-state index in [-0.39, 0.29) is 20.5 Å². The van der Waals surface area contributed by atoms with Gasteiger partial charge in [0.25, 0.3) is 5.91 Å². The highest BCUT2D eigenvalue weighted by atomic mass is 35.5. The summed E-state index contributed by atoms with van der Waals surface area (Å²) in [4.78, 5) is 17.5. The summed E-state index contributed by atoms with van der Waals surface area (Å²) in [6, 6.07) is 9.70. The Kier molecular flexibility index (Phi) is 8.90. The third-order valence-corrected chi connectivity index (χ3v) is 9.02. The molecule has 1 aromatic heterocycles. The van der Waals surface area contributed by atoms with Gasteiger partial charge in [-0.15, -0.1) is 11.3 Å². The smallest absolute Gasteiger partial charge is 0.257 e. The summed E-state index contributed by atoms with van der Waals surface area (Å²) in [5.41, 5.74) is 1.67. The fourth-order valence-corrected chi connectivity index (χ4v) is 6.72. The molecule has 1 amide bonds. The minimum Gasteiger partial charge on any atom is -0.490 e. The number of benzene rings is 2. The second-order valence-electron chi connectivity index (χ2n) is 8.45. The second kappa shape index (κ2) is 11.9. The predicted molar refractivity (Wildman–Crippen MR) is 145 cm³/mol. The molecule has 192 valence electrons. The third-order valence-electron chi connectivity index (χ3n) is 5.79. The maximum absolute atomic E-state index is 13.0. The van der Waals surface area contributed by atoms with E-state index in [4.69, 9.17) is 27.9 Å². The number of aromatic nitrogens is 1. The van der Waals surface area contributed by atoms with Gasteiger partial charge in [-0.05, 0) is 43.5 Å². The average molecular weight is 569 g/mol. The van der Waals surface area contributed by atoms with Crippen molar-refractivity contribution in [1.29, 1.82) is 0 Å². The molecule has 4 rings (SSSR count). The first kappa shape index (κ1) is 26.9. The predicted octanol–water partition coefficient (Wildman–Crippen LogP) is 6.72. The van der Waals surface area contributed by atoms with Crippen LogP contribution in [0.2, 0.25) is 10.0 Å². The van der Waals surface area contributed by atoms with Crippen LogP contribution in [0, 0.1) is 0 Å².